The molecule has 0 saturated heterocycles. The van der Waals surface area contributed by atoms with E-state index in [0.29, 0.717) is 0 Å². The van der Waals surface area contributed by atoms with Crippen LogP contribution < -0.4 is 5.73 Å². The van der Waals surface area contributed by atoms with Crippen molar-refractivity contribution in [1.82, 2.24) is 5.06 Å². The predicted molar refractivity (Wildman–Crippen MR) is 69.9 cm³/mol. The first-order valence-corrected chi connectivity index (χ1v) is 7.08. The van der Waals surface area contributed by atoms with Crippen LogP contribution in [-0.4, -0.2) is 25.2 Å². The third kappa shape index (κ3) is 3.38. The summed E-state index contributed by atoms with van der Waals surface area (Å²) in [5, 5.41) is 4.05. The van der Waals surface area contributed by atoms with E-state index in [1.807, 2.05) is 30.3 Å². The van der Waals surface area contributed by atoms with E-state index in [2.05, 4.69) is 13.7 Å². The van der Waals surface area contributed by atoms with Gasteiger partial charge in [0.1, 0.15) is 0 Å². The molecule has 0 atom stereocenters. The smallest absolute Gasteiger partial charge is 0.365 e. The van der Waals surface area contributed by atoms with Crippen LogP contribution >= 0.6 is 0 Å². The maximum atomic E-state index is 11.2. The lowest BCUT2D eigenvalue weighted by atomic mass is 10.2. The van der Waals surface area contributed by atoms with Crippen molar-refractivity contribution in [3.63, 3.8) is 0 Å². The van der Waals surface area contributed by atoms with E-state index in [1.165, 1.54) is 0 Å². The Hall–Kier alpha value is -1.84. The Morgan fingerprint density at radius 2 is 2.00 bits per heavy atom. The van der Waals surface area contributed by atoms with Crippen molar-refractivity contribution >= 4 is 16.4 Å². The van der Waals surface area contributed by atoms with Crippen molar-refractivity contribution in [3.05, 3.63) is 35.9 Å². The van der Waals surface area contributed by atoms with Gasteiger partial charge in [0, 0.05) is 0 Å². The fourth-order valence-corrected chi connectivity index (χ4v) is 2.16. The SMILES string of the molecule is CC(C)(OCc1ccccc1)N1OS(=O)(=O)ON=C1N. The molecule has 0 aromatic heterocycles. The first kappa shape index (κ1) is 14.6. The van der Waals surface area contributed by atoms with E-state index in [1.54, 1.807) is 13.8 Å². The molecule has 1 aliphatic rings. The lowest BCUT2D eigenvalue weighted by molar-refractivity contribution is -0.216. The average Bonchev–Trinajstić information content (AvgIpc) is 2.40. The lowest BCUT2D eigenvalue weighted by Gasteiger charge is -2.36. The molecular formula is C11H15N3O5S. The van der Waals surface area contributed by atoms with Crippen LogP contribution in [0.1, 0.15) is 19.4 Å². The van der Waals surface area contributed by atoms with E-state index < -0.39 is 16.1 Å². The Morgan fingerprint density at radius 1 is 1.35 bits per heavy atom. The summed E-state index contributed by atoms with van der Waals surface area (Å²) in [5.41, 5.74) is 5.31. The maximum Gasteiger partial charge on any atom is 0.491 e. The topological polar surface area (TPSA) is 103 Å². The van der Waals surface area contributed by atoms with Gasteiger partial charge in [-0.3, -0.25) is 0 Å². The lowest BCUT2D eigenvalue weighted by Crippen LogP contribution is -2.55. The van der Waals surface area contributed by atoms with E-state index >= 15 is 0 Å². The number of benzene rings is 1. The zero-order chi connectivity index (χ0) is 14.8. The number of rotatable bonds is 4. The highest BCUT2D eigenvalue weighted by molar-refractivity contribution is 7.81. The molecule has 2 N–H and O–H groups in total. The summed E-state index contributed by atoms with van der Waals surface area (Å²) in [6.45, 7) is 3.44. The number of ether oxygens (including phenoxy) is 1. The van der Waals surface area contributed by atoms with Gasteiger partial charge in [0.2, 0.25) is 0 Å². The maximum absolute atomic E-state index is 11.2. The number of hydrogen-bond donors (Lipinski definition) is 1. The molecule has 0 saturated carbocycles. The standard InChI is InChI=1S/C11H15N3O5S/c1-11(2,17-8-9-6-4-3-5-7-9)14-10(12)13-18-20(15,16)19-14/h3-7H,8H2,1-2H3,(H2,12,13). The van der Waals surface area contributed by atoms with E-state index in [9.17, 15) is 8.42 Å². The fourth-order valence-electron chi connectivity index (χ4n) is 1.52. The first-order chi connectivity index (χ1) is 9.30. The molecule has 9 heteroatoms. The fraction of sp³-hybridized carbons (Fsp3) is 0.364. The Labute approximate surface area is 117 Å². The van der Waals surface area contributed by atoms with Crippen molar-refractivity contribution in [2.24, 2.45) is 10.9 Å². The van der Waals surface area contributed by atoms with Gasteiger partial charge in [0.25, 0.3) is 5.96 Å². The van der Waals surface area contributed by atoms with Crippen molar-refractivity contribution in [2.45, 2.75) is 26.2 Å². The molecule has 0 radical (unpaired) electrons. The highest BCUT2D eigenvalue weighted by Crippen LogP contribution is 2.23. The van der Waals surface area contributed by atoms with Gasteiger partial charge in [0.15, 0.2) is 5.72 Å². The zero-order valence-electron chi connectivity index (χ0n) is 11.0. The molecule has 1 aromatic carbocycles. The molecule has 1 aliphatic heterocycles. The zero-order valence-corrected chi connectivity index (χ0v) is 11.8. The van der Waals surface area contributed by atoms with E-state index in [4.69, 9.17) is 10.5 Å². The Morgan fingerprint density at radius 3 is 2.65 bits per heavy atom. The minimum absolute atomic E-state index is 0.252. The van der Waals surface area contributed by atoms with Gasteiger partial charge in [-0.25, -0.2) is 4.28 Å². The molecule has 1 heterocycles. The average molecular weight is 301 g/mol. The second kappa shape index (κ2) is 5.27. The molecule has 8 nitrogen and oxygen atoms in total. The second-order valence-electron chi connectivity index (χ2n) is 4.52. The monoisotopic (exact) mass is 301 g/mol. The third-order valence-corrected chi connectivity index (χ3v) is 3.11. The summed E-state index contributed by atoms with van der Waals surface area (Å²) in [4.78, 5) is 0. The summed E-state index contributed by atoms with van der Waals surface area (Å²) in [6.07, 6.45) is 0. The number of nitrogens with two attached hydrogens (primary N) is 1. The Bertz CT molecular complexity index is 600. The van der Waals surface area contributed by atoms with Gasteiger partial charge < -0.3 is 10.5 Å². The van der Waals surface area contributed by atoms with Crippen LogP contribution in [0, 0.1) is 0 Å². The molecule has 0 amide bonds. The van der Waals surface area contributed by atoms with Gasteiger partial charge >= 0.3 is 10.4 Å². The summed E-state index contributed by atoms with van der Waals surface area (Å²) >= 11 is 0. The number of nitrogens with zero attached hydrogens (tertiary/aromatic N) is 2. The van der Waals surface area contributed by atoms with Crippen LogP contribution in [0.2, 0.25) is 0 Å². The van der Waals surface area contributed by atoms with Crippen LogP contribution in [-0.2, 0) is 30.3 Å². The van der Waals surface area contributed by atoms with Gasteiger partial charge in [-0.1, -0.05) is 30.3 Å². The highest BCUT2D eigenvalue weighted by atomic mass is 32.3. The summed E-state index contributed by atoms with van der Waals surface area (Å²) in [5.74, 6) is -0.252. The minimum Gasteiger partial charge on any atom is -0.365 e. The normalized spacial score (nSPS) is 18.3. The molecular weight excluding hydrogens is 286 g/mol. The molecule has 2 rings (SSSR count). The summed E-state index contributed by atoms with van der Waals surface area (Å²) in [6, 6.07) is 9.39. The van der Waals surface area contributed by atoms with Gasteiger partial charge in [-0.15, -0.1) is 4.28 Å². The second-order valence-corrected chi connectivity index (χ2v) is 5.64. The van der Waals surface area contributed by atoms with Crippen LogP contribution in [0.25, 0.3) is 0 Å². The first-order valence-electron chi connectivity index (χ1n) is 5.75. The van der Waals surface area contributed by atoms with Gasteiger partial charge in [-0.2, -0.15) is 13.5 Å². The van der Waals surface area contributed by atoms with Crippen LogP contribution in [0.5, 0.6) is 0 Å². The number of oxime groups is 1. The van der Waals surface area contributed by atoms with Crippen molar-refractivity contribution in [3.8, 4) is 0 Å². The van der Waals surface area contributed by atoms with E-state index in [-0.39, 0.29) is 12.6 Å². The predicted octanol–water partition coefficient (Wildman–Crippen LogP) is 0.678. The van der Waals surface area contributed by atoms with E-state index in [0.717, 1.165) is 10.6 Å². The van der Waals surface area contributed by atoms with Crippen molar-refractivity contribution in [1.29, 1.82) is 0 Å². The Kier molecular flexibility index (Phi) is 3.84. The van der Waals surface area contributed by atoms with Crippen LogP contribution in [0.4, 0.5) is 0 Å². The number of hydroxylamine groups is 2. The molecule has 0 spiro atoms. The minimum atomic E-state index is -4.25. The van der Waals surface area contributed by atoms with Crippen LogP contribution in [0.3, 0.4) is 0 Å². The summed E-state index contributed by atoms with van der Waals surface area (Å²) in [7, 11) is -4.25. The van der Waals surface area contributed by atoms with Crippen LogP contribution in [0.15, 0.2) is 35.5 Å². The highest BCUT2D eigenvalue weighted by Gasteiger charge is 2.39. The molecule has 0 bridgehead atoms. The Balaban J connectivity index is 2.10. The van der Waals surface area contributed by atoms with Gasteiger partial charge in [-0.05, 0) is 24.6 Å². The van der Waals surface area contributed by atoms with Crippen molar-refractivity contribution in [2.75, 3.05) is 0 Å². The number of hydrogen-bond acceptors (Lipinski definition) is 8. The van der Waals surface area contributed by atoms with Gasteiger partial charge in [0.05, 0.1) is 6.61 Å². The molecule has 20 heavy (non-hydrogen) atoms. The molecule has 1 aromatic rings. The van der Waals surface area contributed by atoms with Crippen molar-refractivity contribution < 1.29 is 21.7 Å². The number of guanidine groups is 1. The quantitative estimate of drug-likeness (QED) is 0.872. The summed E-state index contributed by atoms with van der Waals surface area (Å²) < 4.78 is 36.8. The molecule has 0 aliphatic carbocycles. The largest absolute Gasteiger partial charge is 0.491 e. The molecule has 110 valence electrons. The molecule has 0 fully saturated rings. The third-order valence-electron chi connectivity index (χ3n) is 2.52. The molecule has 0 unspecified atom stereocenters.